The molecule has 1 aliphatic heterocycles. The van der Waals surface area contributed by atoms with Crippen molar-refractivity contribution in [1.82, 2.24) is 5.32 Å². The van der Waals surface area contributed by atoms with Gasteiger partial charge in [0.1, 0.15) is 12.4 Å². The van der Waals surface area contributed by atoms with Crippen LogP contribution in [0.2, 0.25) is 0 Å². The van der Waals surface area contributed by atoms with Gasteiger partial charge < -0.3 is 10.1 Å². The molecule has 0 saturated heterocycles. The monoisotopic (exact) mass is 247 g/mol. The van der Waals surface area contributed by atoms with Crippen molar-refractivity contribution in [1.29, 1.82) is 0 Å². The predicted octanol–water partition coefficient (Wildman–Crippen LogP) is 2.67. The highest BCUT2D eigenvalue weighted by Crippen LogP contribution is 2.36. The lowest BCUT2D eigenvalue weighted by Crippen LogP contribution is -2.24. The fourth-order valence-electron chi connectivity index (χ4n) is 2.19. The second-order valence-corrected chi connectivity index (χ2v) is 5.73. The Bertz CT molecular complexity index is 472. The Morgan fingerprint density at radius 2 is 2.06 bits per heavy atom. The molecule has 0 unspecified atom stereocenters. The van der Waals surface area contributed by atoms with Gasteiger partial charge in [0.05, 0.1) is 12.1 Å². The first-order valence-corrected chi connectivity index (χ1v) is 6.52. The smallest absolute Gasteiger partial charge is 0.255 e. The molecule has 0 atom stereocenters. The van der Waals surface area contributed by atoms with Gasteiger partial charge in [-0.1, -0.05) is 33.8 Å². The molecule has 0 aliphatic carbocycles. The Labute approximate surface area is 109 Å². The van der Waals surface area contributed by atoms with Crippen LogP contribution in [0.4, 0.5) is 0 Å². The molecule has 0 fully saturated rings. The fraction of sp³-hybridized carbons (Fsp3) is 0.533. The van der Waals surface area contributed by atoms with Gasteiger partial charge in [-0.3, -0.25) is 4.79 Å². The first-order valence-electron chi connectivity index (χ1n) is 6.52. The quantitative estimate of drug-likeness (QED) is 0.828. The zero-order chi connectivity index (χ0) is 13.3. The number of carbonyl (C=O) groups is 1. The van der Waals surface area contributed by atoms with Gasteiger partial charge in [-0.15, -0.1) is 0 Å². The van der Waals surface area contributed by atoms with Gasteiger partial charge in [-0.2, -0.15) is 0 Å². The van der Waals surface area contributed by atoms with Crippen LogP contribution in [-0.2, 0) is 11.8 Å². The molecule has 1 aliphatic rings. The molecule has 1 N–H and O–H groups in total. The van der Waals surface area contributed by atoms with Gasteiger partial charge in [0.2, 0.25) is 0 Å². The summed E-state index contributed by atoms with van der Waals surface area (Å²) in [6.07, 6.45) is 0.920. The number of nitrogens with one attached hydrogen (secondary N) is 1. The molecule has 18 heavy (non-hydrogen) atoms. The third kappa shape index (κ3) is 2.35. The fourth-order valence-corrected chi connectivity index (χ4v) is 2.19. The van der Waals surface area contributed by atoms with E-state index in [9.17, 15) is 4.79 Å². The molecule has 3 nitrogen and oxygen atoms in total. The van der Waals surface area contributed by atoms with Crippen LogP contribution in [0.15, 0.2) is 12.1 Å². The summed E-state index contributed by atoms with van der Waals surface area (Å²) in [5.41, 5.74) is 2.95. The van der Waals surface area contributed by atoms with Crippen LogP contribution in [0, 0.1) is 0 Å². The van der Waals surface area contributed by atoms with E-state index in [2.05, 4.69) is 39.1 Å². The van der Waals surface area contributed by atoms with Gasteiger partial charge in [0.15, 0.2) is 0 Å². The van der Waals surface area contributed by atoms with Crippen LogP contribution < -0.4 is 10.1 Å². The number of benzene rings is 1. The number of fused-ring (bicyclic) bond motifs is 1. The standard InChI is InChI=1S/C15H21NO2/c1-5-10-8-11-13(12(9-10)15(2,3)4)18-7-6-16-14(11)17/h8-9H,5-7H2,1-4H3,(H,16,17). The van der Waals surface area contributed by atoms with E-state index in [4.69, 9.17) is 4.74 Å². The Balaban J connectivity index is 2.66. The van der Waals surface area contributed by atoms with E-state index >= 15 is 0 Å². The summed E-state index contributed by atoms with van der Waals surface area (Å²) in [6.45, 7) is 9.64. The zero-order valence-corrected chi connectivity index (χ0v) is 11.6. The molecule has 0 radical (unpaired) electrons. The van der Waals surface area contributed by atoms with Gasteiger partial charge >= 0.3 is 0 Å². The second kappa shape index (κ2) is 4.63. The highest BCUT2D eigenvalue weighted by Gasteiger charge is 2.26. The number of rotatable bonds is 1. The van der Waals surface area contributed by atoms with Crippen molar-refractivity contribution in [3.8, 4) is 5.75 Å². The predicted molar refractivity (Wildman–Crippen MR) is 72.3 cm³/mol. The van der Waals surface area contributed by atoms with E-state index in [1.807, 2.05) is 6.07 Å². The Morgan fingerprint density at radius 3 is 2.67 bits per heavy atom. The summed E-state index contributed by atoms with van der Waals surface area (Å²) in [4.78, 5) is 12.1. The first-order chi connectivity index (χ1) is 8.43. The summed E-state index contributed by atoms with van der Waals surface area (Å²) < 4.78 is 5.79. The van der Waals surface area contributed by atoms with Crippen molar-refractivity contribution in [3.05, 3.63) is 28.8 Å². The molecule has 1 heterocycles. The van der Waals surface area contributed by atoms with Gasteiger partial charge in [-0.05, 0) is 23.5 Å². The number of hydrogen-bond acceptors (Lipinski definition) is 2. The van der Waals surface area contributed by atoms with Crippen LogP contribution in [0.1, 0.15) is 49.2 Å². The van der Waals surface area contributed by atoms with Crippen LogP contribution in [0.3, 0.4) is 0 Å². The minimum absolute atomic E-state index is 0.0247. The number of hydrogen-bond donors (Lipinski definition) is 1. The van der Waals surface area contributed by atoms with Crippen LogP contribution >= 0.6 is 0 Å². The summed E-state index contributed by atoms with van der Waals surface area (Å²) in [5, 5.41) is 2.87. The third-order valence-electron chi connectivity index (χ3n) is 3.24. The highest BCUT2D eigenvalue weighted by atomic mass is 16.5. The van der Waals surface area contributed by atoms with Crippen LogP contribution in [0.25, 0.3) is 0 Å². The number of aryl methyl sites for hydroxylation is 1. The maximum absolute atomic E-state index is 12.1. The Morgan fingerprint density at radius 1 is 1.33 bits per heavy atom. The van der Waals surface area contributed by atoms with Crippen molar-refractivity contribution in [2.24, 2.45) is 0 Å². The summed E-state index contributed by atoms with van der Waals surface area (Å²) in [7, 11) is 0. The molecular weight excluding hydrogens is 226 g/mol. The van der Waals surface area contributed by atoms with Crippen molar-refractivity contribution in [2.45, 2.75) is 39.5 Å². The molecule has 1 amide bonds. The minimum Gasteiger partial charge on any atom is -0.491 e. The Hall–Kier alpha value is -1.51. The van der Waals surface area contributed by atoms with Crippen molar-refractivity contribution >= 4 is 5.91 Å². The number of ether oxygens (including phenoxy) is 1. The van der Waals surface area contributed by atoms with E-state index in [0.29, 0.717) is 18.7 Å². The molecule has 0 spiro atoms. The van der Waals surface area contributed by atoms with E-state index < -0.39 is 0 Å². The highest BCUT2D eigenvalue weighted by molar-refractivity contribution is 5.98. The van der Waals surface area contributed by atoms with Crippen LogP contribution in [0.5, 0.6) is 5.75 Å². The third-order valence-corrected chi connectivity index (χ3v) is 3.24. The van der Waals surface area contributed by atoms with Crippen molar-refractivity contribution < 1.29 is 9.53 Å². The van der Waals surface area contributed by atoms with Gasteiger partial charge in [0, 0.05) is 5.56 Å². The zero-order valence-electron chi connectivity index (χ0n) is 11.6. The number of carbonyl (C=O) groups excluding carboxylic acids is 1. The molecule has 98 valence electrons. The average molecular weight is 247 g/mol. The van der Waals surface area contributed by atoms with E-state index in [1.54, 1.807) is 0 Å². The van der Waals surface area contributed by atoms with Crippen molar-refractivity contribution in [3.63, 3.8) is 0 Å². The normalized spacial score (nSPS) is 15.4. The van der Waals surface area contributed by atoms with E-state index in [1.165, 1.54) is 5.56 Å². The number of amides is 1. The van der Waals surface area contributed by atoms with Gasteiger partial charge in [0.25, 0.3) is 5.91 Å². The lowest BCUT2D eigenvalue weighted by atomic mass is 9.83. The van der Waals surface area contributed by atoms with E-state index in [0.717, 1.165) is 17.7 Å². The summed E-state index contributed by atoms with van der Waals surface area (Å²) in [6, 6.07) is 4.11. The maximum atomic E-state index is 12.1. The SMILES string of the molecule is CCc1cc2c(c(C(C)(C)C)c1)OCCNC2=O. The molecule has 1 aromatic rings. The first kappa shape index (κ1) is 12.9. The lowest BCUT2D eigenvalue weighted by molar-refractivity contribution is 0.0957. The van der Waals surface area contributed by atoms with E-state index in [-0.39, 0.29) is 11.3 Å². The molecule has 0 bridgehead atoms. The van der Waals surface area contributed by atoms with Gasteiger partial charge in [-0.25, -0.2) is 0 Å². The molecule has 1 aromatic carbocycles. The molecule has 0 saturated carbocycles. The molecule has 0 aromatic heterocycles. The van der Waals surface area contributed by atoms with Crippen molar-refractivity contribution in [2.75, 3.05) is 13.2 Å². The summed E-state index contributed by atoms with van der Waals surface area (Å²) >= 11 is 0. The molecule has 3 heteroatoms. The van der Waals surface area contributed by atoms with Crippen LogP contribution in [-0.4, -0.2) is 19.1 Å². The average Bonchev–Trinajstić information content (AvgIpc) is 2.49. The maximum Gasteiger partial charge on any atom is 0.255 e. The second-order valence-electron chi connectivity index (χ2n) is 5.73. The topological polar surface area (TPSA) is 38.3 Å². The minimum atomic E-state index is -0.0279. The Kier molecular flexibility index (Phi) is 3.33. The summed E-state index contributed by atoms with van der Waals surface area (Å²) in [5.74, 6) is 0.734. The molecular formula is C15H21NO2. The largest absolute Gasteiger partial charge is 0.491 e. The lowest BCUT2D eigenvalue weighted by Gasteiger charge is -2.24. The molecule has 2 rings (SSSR count).